The lowest BCUT2D eigenvalue weighted by Gasteiger charge is -2.29. The first kappa shape index (κ1) is 20.6. The van der Waals surface area contributed by atoms with Crippen LogP contribution in [0, 0.1) is 6.92 Å². The molecule has 1 saturated carbocycles. The van der Waals surface area contributed by atoms with Crippen molar-refractivity contribution in [2.45, 2.75) is 49.6 Å². The summed E-state index contributed by atoms with van der Waals surface area (Å²) in [6.45, 7) is 1.93. The van der Waals surface area contributed by atoms with E-state index in [0.717, 1.165) is 42.0 Å². The van der Waals surface area contributed by atoms with Gasteiger partial charge in [-0.3, -0.25) is 4.99 Å². The molecule has 2 atom stereocenters. The summed E-state index contributed by atoms with van der Waals surface area (Å²) in [5.41, 5.74) is 1.68. The Labute approximate surface area is 177 Å². The third-order valence-electron chi connectivity index (χ3n) is 5.71. The standard InChI is InChI=1S/C24H26N2O3S/c1-17-10-13-19(14-11-17)30(28,29)26-23-9-5-4-8-22(23)25-16-21-20-7-3-2-6-18(20)12-15-24(21)27/h2-3,6-7,10-16,22-23,26-27H,4-5,8-9H2,1H3/t22-,23-/m1/s1. The van der Waals surface area contributed by atoms with E-state index in [-0.39, 0.29) is 22.7 Å². The summed E-state index contributed by atoms with van der Waals surface area (Å²) >= 11 is 0. The van der Waals surface area contributed by atoms with Gasteiger partial charge in [0.1, 0.15) is 5.75 Å². The highest BCUT2D eigenvalue weighted by atomic mass is 32.2. The number of nitrogens with one attached hydrogen (secondary N) is 1. The van der Waals surface area contributed by atoms with Gasteiger partial charge in [0.15, 0.2) is 0 Å². The minimum atomic E-state index is -3.61. The van der Waals surface area contributed by atoms with E-state index in [4.69, 9.17) is 4.99 Å². The molecule has 5 nitrogen and oxygen atoms in total. The second kappa shape index (κ2) is 8.58. The van der Waals surface area contributed by atoms with Crippen LogP contribution in [-0.2, 0) is 10.0 Å². The number of benzene rings is 3. The Bertz CT molecular complexity index is 1170. The van der Waals surface area contributed by atoms with Gasteiger partial charge >= 0.3 is 0 Å². The van der Waals surface area contributed by atoms with Gasteiger partial charge in [-0.2, -0.15) is 0 Å². The maximum atomic E-state index is 12.9. The third-order valence-corrected chi connectivity index (χ3v) is 7.22. The molecule has 3 aromatic carbocycles. The molecular formula is C24H26N2O3S. The van der Waals surface area contributed by atoms with Crippen LogP contribution in [0.4, 0.5) is 0 Å². The van der Waals surface area contributed by atoms with Crippen LogP contribution in [0.3, 0.4) is 0 Å². The number of phenols is 1. The summed E-state index contributed by atoms with van der Waals surface area (Å²) in [6.07, 6.45) is 5.22. The van der Waals surface area contributed by atoms with E-state index < -0.39 is 10.0 Å². The molecule has 0 saturated heterocycles. The largest absolute Gasteiger partial charge is 0.507 e. The number of aliphatic imine (C=N–C) groups is 1. The van der Waals surface area contributed by atoms with Crippen molar-refractivity contribution in [3.63, 3.8) is 0 Å². The molecule has 0 amide bonds. The number of hydrogen-bond donors (Lipinski definition) is 2. The third kappa shape index (κ3) is 4.40. The molecule has 0 spiro atoms. The monoisotopic (exact) mass is 422 g/mol. The van der Waals surface area contributed by atoms with Crippen molar-refractivity contribution in [2.75, 3.05) is 0 Å². The number of aryl methyl sites for hydroxylation is 1. The zero-order valence-corrected chi connectivity index (χ0v) is 17.8. The Kier molecular flexibility index (Phi) is 5.88. The van der Waals surface area contributed by atoms with Gasteiger partial charge < -0.3 is 5.11 Å². The van der Waals surface area contributed by atoms with Gasteiger partial charge in [0.25, 0.3) is 0 Å². The lowest BCUT2D eigenvalue weighted by molar-refractivity contribution is 0.363. The molecule has 0 aromatic heterocycles. The van der Waals surface area contributed by atoms with Gasteiger partial charge in [-0.1, -0.05) is 60.9 Å². The van der Waals surface area contributed by atoms with Gasteiger partial charge in [-0.15, -0.1) is 0 Å². The average molecular weight is 423 g/mol. The van der Waals surface area contributed by atoms with Gasteiger partial charge in [-0.25, -0.2) is 13.1 Å². The minimum Gasteiger partial charge on any atom is -0.507 e. The molecule has 156 valence electrons. The van der Waals surface area contributed by atoms with Crippen molar-refractivity contribution in [1.82, 2.24) is 4.72 Å². The second-order valence-electron chi connectivity index (χ2n) is 7.89. The number of rotatable bonds is 5. The van der Waals surface area contributed by atoms with Crippen LogP contribution in [0.1, 0.15) is 36.8 Å². The highest BCUT2D eigenvalue weighted by molar-refractivity contribution is 7.89. The number of nitrogens with zero attached hydrogens (tertiary/aromatic N) is 1. The normalized spacial score (nSPS) is 20.0. The summed E-state index contributed by atoms with van der Waals surface area (Å²) in [5, 5.41) is 12.3. The quantitative estimate of drug-likeness (QED) is 0.592. The first-order valence-corrected chi connectivity index (χ1v) is 11.8. The molecule has 0 aliphatic heterocycles. The molecule has 0 bridgehead atoms. The first-order chi connectivity index (χ1) is 14.4. The molecule has 0 heterocycles. The van der Waals surface area contributed by atoms with E-state index in [1.54, 1.807) is 36.5 Å². The highest BCUT2D eigenvalue weighted by Gasteiger charge is 2.29. The van der Waals surface area contributed by atoms with Crippen molar-refractivity contribution in [2.24, 2.45) is 4.99 Å². The molecule has 1 aliphatic carbocycles. The fourth-order valence-electron chi connectivity index (χ4n) is 4.00. The van der Waals surface area contributed by atoms with Crippen LogP contribution in [-0.4, -0.2) is 31.8 Å². The molecule has 1 fully saturated rings. The van der Waals surface area contributed by atoms with Crippen molar-refractivity contribution in [1.29, 1.82) is 0 Å². The number of phenolic OH excluding ortho intramolecular Hbond substituents is 1. The van der Waals surface area contributed by atoms with Crippen LogP contribution in [0.15, 0.2) is 70.6 Å². The predicted octanol–water partition coefficient (Wildman–Crippen LogP) is 4.56. The van der Waals surface area contributed by atoms with Crippen molar-refractivity contribution >= 4 is 27.0 Å². The molecule has 4 rings (SSSR count). The second-order valence-corrected chi connectivity index (χ2v) is 9.60. The molecule has 1 aliphatic rings. The van der Waals surface area contributed by atoms with Crippen LogP contribution >= 0.6 is 0 Å². The van der Waals surface area contributed by atoms with Gasteiger partial charge in [0, 0.05) is 17.8 Å². The smallest absolute Gasteiger partial charge is 0.240 e. The van der Waals surface area contributed by atoms with E-state index >= 15 is 0 Å². The summed E-state index contributed by atoms with van der Waals surface area (Å²) < 4.78 is 28.6. The van der Waals surface area contributed by atoms with E-state index in [1.165, 1.54) is 0 Å². The molecule has 2 N–H and O–H groups in total. The van der Waals surface area contributed by atoms with Gasteiger partial charge in [0.05, 0.1) is 10.9 Å². The van der Waals surface area contributed by atoms with Crippen LogP contribution in [0.25, 0.3) is 10.8 Å². The number of fused-ring (bicyclic) bond motifs is 1. The van der Waals surface area contributed by atoms with Crippen molar-refractivity contribution in [3.05, 3.63) is 71.8 Å². The van der Waals surface area contributed by atoms with Crippen LogP contribution < -0.4 is 4.72 Å². The molecule has 3 aromatic rings. The Morgan fingerprint density at radius 3 is 2.53 bits per heavy atom. The maximum Gasteiger partial charge on any atom is 0.240 e. The lowest BCUT2D eigenvalue weighted by Crippen LogP contribution is -2.44. The van der Waals surface area contributed by atoms with E-state index in [1.807, 2.05) is 37.3 Å². The van der Waals surface area contributed by atoms with Crippen molar-refractivity contribution < 1.29 is 13.5 Å². The predicted molar refractivity (Wildman–Crippen MR) is 121 cm³/mol. The minimum absolute atomic E-state index is 0.169. The first-order valence-electron chi connectivity index (χ1n) is 10.3. The molecular weight excluding hydrogens is 396 g/mol. The van der Waals surface area contributed by atoms with E-state index in [2.05, 4.69) is 4.72 Å². The van der Waals surface area contributed by atoms with E-state index in [0.29, 0.717) is 5.56 Å². The molecule has 0 unspecified atom stereocenters. The highest BCUT2D eigenvalue weighted by Crippen LogP contribution is 2.27. The van der Waals surface area contributed by atoms with Crippen LogP contribution in [0.2, 0.25) is 0 Å². The lowest BCUT2D eigenvalue weighted by atomic mass is 9.91. The Hall–Kier alpha value is -2.70. The Morgan fingerprint density at radius 1 is 1.00 bits per heavy atom. The number of sulfonamides is 1. The zero-order chi connectivity index (χ0) is 21.1. The fourth-order valence-corrected chi connectivity index (χ4v) is 5.31. The number of hydrogen-bond acceptors (Lipinski definition) is 4. The average Bonchev–Trinajstić information content (AvgIpc) is 2.74. The molecule has 0 radical (unpaired) electrons. The number of aromatic hydroxyl groups is 1. The SMILES string of the molecule is Cc1ccc(S(=O)(=O)N[C@@H]2CCCC[C@H]2N=Cc2c(O)ccc3ccccc23)cc1. The van der Waals surface area contributed by atoms with Gasteiger partial charge in [-0.05, 0) is 48.7 Å². The topological polar surface area (TPSA) is 78.8 Å². The van der Waals surface area contributed by atoms with Gasteiger partial charge in [0.2, 0.25) is 10.0 Å². The summed E-state index contributed by atoms with van der Waals surface area (Å²) in [4.78, 5) is 5.00. The van der Waals surface area contributed by atoms with E-state index in [9.17, 15) is 13.5 Å². The summed E-state index contributed by atoms with van der Waals surface area (Å²) in [5.74, 6) is 0.171. The molecule has 6 heteroatoms. The zero-order valence-electron chi connectivity index (χ0n) is 17.0. The maximum absolute atomic E-state index is 12.9. The Morgan fingerprint density at radius 2 is 1.73 bits per heavy atom. The summed E-state index contributed by atoms with van der Waals surface area (Å²) in [7, 11) is -3.61. The Balaban J connectivity index is 1.59. The summed E-state index contributed by atoms with van der Waals surface area (Å²) in [6, 6.07) is 17.8. The fraction of sp³-hybridized carbons (Fsp3) is 0.292. The van der Waals surface area contributed by atoms with Crippen molar-refractivity contribution in [3.8, 4) is 5.75 Å². The molecule has 30 heavy (non-hydrogen) atoms. The van der Waals surface area contributed by atoms with Crippen LogP contribution in [0.5, 0.6) is 5.75 Å².